The summed E-state index contributed by atoms with van der Waals surface area (Å²) in [6, 6.07) is 0. The van der Waals surface area contributed by atoms with Crippen LogP contribution in [0.2, 0.25) is 19.6 Å². The third-order valence-corrected chi connectivity index (χ3v) is 7.19. The van der Waals surface area contributed by atoms with Crippen molar-refractivity contribution in [2.45, 2.75) is 104 Å². The van der Waals surface area contributed by atoms with Gasteiger partial charge in [0.2, 0.25) is 0 Å². The van der Waals surface area contributed by atoms with Gasteiger partial charge in [0.25, 0.3) is 0 Å². The van der Waals surface area contributed by atoms with Crippen molar-refractivity contribution in [1.29, 1.82) is 0 Å². The Morgan fingerprint density at radius 1 is 1.28 bits per heavy atom. The molecule has 0 aliphatic heterocycles. The summed E-state index contributed by atoms with van der Waals surface area (Å²) in [7, 11) is -1.47. The first kappa shape index (κ1) is 20.8. The minimum absolute atomic E-state index is 0.353. The summed E-state index contributed by atoms with van der Waals surface area (Å²) in [6.45, 7) is 14.2. The van der Waals surface area contributed by atoms with E-state index in [1.54, 1.807) is 5.57 Å². The van der Waals surface area contributed by atoms with Crippen LogP contribution in [0.25, 0.3) is 0 Å². The van der Waals surface area contributed by atoms with E-state index < -0.39 is 8.32 Å². The molecule has 0 spiro atoms. The first-order valence-electron chi connectivity index (χ1n) is 10.6. The van der Waals surface area contributed by atoms with Crippen LogP contribution in [0.3, 0.4) is 0 Å². The van der Waals surface area contributed by atoms with Gasteiger partial charge in [0.1, 0.15) is 0 Å². The van der Waals surface area contributed by atoms with Gasteiger partial charge in [0.05, 0.1) is 0 Å². The molecule has 4 atom stereocenters. The molecule has 1 fully saturated rings. The monoisotopic (exact) mass is 360 g/mol. The molecule has 1 nitrogen and oxygen atoms in total. The minimum atomic E-state index is -1.47. The van der Waals surface area contributed by atoms with Crippen molar-refractivity contribution in [1.82, 2.24) is 0 Å². The van der Waals surface area contributed by atoms with Crippen molar-refractivity contribution in [3.05, 3.63) is 11.6 Å². The fraction of sp³-hybridized carbons (Fsp3) is 0.826. The van der Waals surface area contributed by atoms with E-state index in [1.165, 1.54) is 44.9 Å². The first-order chi connectivity index (χ1) is 11.8. The van der Waals surface area contributed by atoms with Crippen LogP contribution in [-0.4, -0.2) is 14.4 Å². The summed E-state index contributed by atoms with van der Waals surface area (Å²) >= 11 is 0. The molecule has 0 aromatic rings. The second kappa shape index (κ2) is 8.91. The van der Waals surface area contributed by atoms with Crippen LogP contribution in [-0.2, 0) is 4.43 Å². The molecule has 0 bridgehead atoms. The predicted molar refractivity (Wildman–Crippen MR) is 112 cm³/mol. The maximum Gasteiger partial charge on any atom is 0.184 e. The van der Waals surface area contributed by atoms with Gasteiger partial charge < -0.3 is 4.43 Å². The largest absolute Gasteiger partial charge is 0.414 e. The Labute approximate surface area is 158 Å². The lowest BCUT2D eigenvalue weighted by Gasteiger charge is -2.46. The Morgan fingerprint density at radius 3 is 2.72 bits per heavy atom. The van der Waals surface area contributed by atoms with Gasteiger partial charge >= 0.3 is 0 Å². The Bertz CT molecular complexity index is 518. The van der Waals surface area contributed by atoms with Crippen molar-refractivity contribution in [3.63, 3.8) is 0 Å². The highest BCUT2D eigenvalue weighted by Gasteiger charge is 2.49. The van der Waals surface area contributed by atoms with E-state index in [2.05, 4.69) is 58.3 Å². The normalized spacial score (nSPS) is 30.2. The molecule has 0 aromatic carbocycles. The molecule has 2 aliphatic rings. The Kier molecular flexibility index (Phi) is 7.41. The standard InChI is InChI=1S/C23H40OSi/c1-7-8-9-10-11-12-14-19(2)20-16-17-21-22(24-25(4,5)6)15-13-18-23(20,21)3/h16,19,21-22H,7-10,13-15,17-18H2,1-6H3/t19-,21+,22+,23-/m1/s1. The lowest BCUT2D eigenvalue weighted by molar-refractivity contribution is 0.0203. The van der Waals surface area contributed by atoms with E-state index in [9.17, 15) is 0 Å². The molecule has 0 amide bonds. The van der Waals surface area contributed by atoms with Gasteiger partial charge in [-0.1, -0.05) is 51.7 Å². The van der Waals surface area contributed by atoms with Gasteiger partial charge in [-0.15, -0.1) is 11.8 Å². The second-order valence-corrected chi connectivity index (χ2v) is 14.0. The maximum absolute atomic E-state index is 6.60. The summed E-state index contributed by atoms with van der Waals surface area (Å²) < 4.78 is 6.60. The van der Waals surface area contributed by atoms with Crippen LogP contribution >= 0.6 is 0 Å². The summed E-state index contributed by atoms with van der Waals surface area (Å²) in [6.07, 6.45) is 14.1. The highest BCUT2D eigenvalue weighted by Crippen LogP contribution is 2.55. The van der Waals surface area contributed by atoms with Crippen molar-refractivity contribution >= 4 is 8.32 Å². The molecule has 0 N–H and O–H groups in total. The molecule has 0 radical (unpaired) electrons. The molecule has 25 heavy (non-hydrogen) atoms. The fourth-order valence-electron chi connectivity index (χ4n) is 4.97. The van der Waals surface area contributed by atoms with Crippen molar-refractivity contribution in [2.75, 3.05) is 0 Å². The number of unbranched alkanes of at least 4 members (excludes halogenated alkanes) is 3. The highest BCUT2D eigenvalue weighted by molar-refractivity contribution is 6.69. The van der Waals surface area contributed by atoms with Gasteiger partial charge in [-0.05, 0) is 62.6 Å². The average Bonchev–Trinajstić information content (AvgIpc) is 2.87. The Balaban J connectivity index is 1.96. The van der Waals surface area contributed by atoms with E-state index >= 15 is 0 Å². The molecule has 0 heterocycles. The van der Waals surface area contributed by atoms with Crippen LogP contribution in [0.5, 0.6) is 0 Å². The highest BCUT2D eigenvalue weighted by atomic mass is 28.4. The molecule has 1 saturated carbocycles. The topological polar surface area (TPSA) is 9.23 Å². The zero-order valence-corrected chi connectivity index (χ0v) is 18.6. The van der Waals surface area contributed by atoms with E-state index in [0.717, 1.165) is 12.8 Å². The van der Waals surface area contributed by atoms with Crippen LogP contribution in [0, 0.1) is 29.1 Å². The van der Waals surface area contributed by atoms with E-state index in [-0.39, 0.29) is 0 Å². The predicted octanol–water partition coefficient (Wildman–Crippen LogP) is 6.95. The lowest BCUT2D eigenvalue weighted by Crippen LogP contribution is -2.45. The average molecular weight is 361 g/mol. The van der Waals surface area contributed by atoms with Gasteiger partial charge in [-0.3, -0.25) is 0 Å². The van der Waals surface area contributed by atoms with E-state index in [1.807, 2.05) is 0 Å². The quantitative estimate of drug-likeness (QED) is 0.206. The number of fused-ring (bicyclic) bond motifs is 1. The van der Waals surface area contributed by atoms with Gasteiger partial charge in [0, 0.05) is 18.9 Å². The Morgan fingerprint density at radius 2 is 2.04 bits per heavy atom. The molecule has 0 saturated heterocycles. The maximum atomic E-state index is 6.60. The number of rotatable bonds is 7. The van der Waals surface area contributed by atoms with Crippen LogP contribution < -0.4 is 0 Å². The third kappa shape index (κ3) is 5.47. The van der Waals surface area contributed by atoms with Gasteiger partial charge in [-0.25, -0.2) is 0 Å². The summed E-state index contributed by atoms with van der Waals surface area (Å²) in [5.74, 6) is 8.16. The summed E-state index contributed by atoms with van der Waals surface area (Å²) in [5.41, 5.74) is 2.04. The van der Waals surface area contributed by atoms with Crippen LogP contribution in [0.1, 0.15) is 78.6 Å². The molecule has 2 heteroatoms. The minimum Gasteiger partial charge on any atom is -0.414 e. The Hall–Kier alpha value is -0.523. The van der Waals surface area contributed by atoms with E-state index in [4.69, 9.17) is 4.43 Å². The van der Waals surface area contributed by atoms with Crippen LogP contribution in [0.4, 0.5) is 0 Å². The molecular weight excluding hydrogens is 320 g/mol. The number of hydrogen-bond acceptors (Lipinski definition) is 1. The number of hydrogen-bond donors (Lipinski definition) is 0. The molecule has 142 valence electrons. The second-order valence-electron chi connectivity index (χ2n) is 9.50. The van der Waals surface area contributed by atoms with Gasteiger partial charge in [0.15, 0.2) is 8.32 Å². The van der Waals surface area contributed by atoms with Crippen molar-refractivity contribution in [3.8, 4) is 11.8 Å². The lowest BCUT2D eigenvalue weighted by atomic mass is 9.63. The SMILES string of the molecule is CCCCCC#CC[C@@H](C)C1=CC[C@H]2[C@@H](O[Si](C)(C)C)CCC[C@]12C. The zero-order chi connectivity index (χ0) is 18.5. The van der Waals surface area contributed by atoms with E-state index in [0.29, 0.717) is 23.4 Å². The van der Waals surface area contributed by atoms with Crippen molar-refractivity contribution < 1.29 is 4.43 Å². The summed E-state index contributed by atoms with van der Waals surface area (Å²) in [5, 5.41) is 0. The molecule has 0 unspecified atom stereocenters. The molecule has 2 aliphatic carbocycles. The molecular formula is C23H40OSi. The number of allylic oxidation sites excluding steroid dienone is 2. The third-order valence-electron chi connectivity index (χ3n) is 6.18. The molecule has 2 rings (SSSR count). The van der Waals surface area contributed by atoms with Crippen LogP contribution in [0.15, 0.2) is 11.6 Å². The summed E-state index contributed by atoms with van der Waals surface area (Å²) in [4.78, 5) is 0. The first-order valence-corrected chi connectivity index (χ1v) is 14.0. The van der Waals surface area contributed by atoms with Crippen molar-refractivity contribution in [2.24, 2.45) is 17.3 Å². The molecule has 0 aromatic heterocycles. The van der Waals surface area contributed by atoms with Gasteiger partial charge in [-0.2, -0.15) is 0 Å². The zero-order valence-electron chi connectivity index (χ0n) is 17.6. The smallest absolute Gasteiger partial charge is 0.184 e. The fourth-order valence-corrected chi connectivity index (χ4v) is 6.16.